The second-order valence-corrected chi connectivity index (χ2v) is 4.66. The van der Waals surface area contributed by atoms with E-state index in [0.29, 0.717) is 6.42 Å². The lowest BCUT2D eigenvalue weighted by molar-refractivity contribution is -0.138. The Hall–Kier alpha value is -0.620. The zero-order valence-corrected chi connectivity index (χ0v) is 8.50. The van der Waals surface area contributed by atoms with Gasteiger partial charge in [-0.05, 0) is 12.3 Å². The molecule has 0 bridgehead atoms. The molecule has 6 heteroatoms. The average Bonchev–Trinajstić information content (AvgIpc) is 1.81. The number of carboxylic acids is 1. The van der Waals surface area contributed by atoms with Gasteiger partial charge in [0.25, 0.3) is 10.1 Å². The van der Waals surface area contributed by atoms with Gasteiger partial charge >= 0.3 is 5.97 Å². The van der Waals surface area contributed by atoms with Crippen LogP contribution in [0.4, 0.5) is 0 Å². The van der Waals surface area contributed by atoms with E-state index in [1.165, 1.54) is 0 Å². The molecule has 78 valence electrons. The number of carbonyl (C=O) groups is 1. The van der Waals surface area contributed by atoms with Crippen LogP contribution in [0.5, 0.6) is 0 Å². The van der Waals surface area contributed by atoms with Crippen molar-refractivity contribution in [3.63, 3.8) is 0 Å². The Balaban J connectivity index is 3.60. The predicted octanol–water partition coefficient (Wildman–Crippen LogP) is 0.463. The highest BCUT2D eigenvalue weighted by Crippen LogP contribution is 2.07. The fourth-order valence-corrected chi connectivity index (χ4v) is 1.20. The zero-order valence-electron chi connectivity index (χ0n) is 7.69. The second kappa shape index (κ2) is 5.18. The molecule has 0 fully saturated rings. The van der Waals surface area contributed by atoms with Crippen LogP contribution in [0.1, 0.15) is 19.8 Å². The lowest BCUT2D eigenvalue weighted by Gasteiger charge is -2.07. The van der Waals surface area contributed by atoms with E-state index in [2.05, 4.69) is 4.18 Å². The second-order valence-electron chi connectivity index (χ2n) is 3.02. The highest BCUT2D eigenvalue weighted by molar-refractivity contribution is 7.85. The summed E-state index contributed by atoms with van der Waals surface area (Å²) in [5.74, 6) is -0.953. The fraction of sp³-hybridized carbons (Fsp3) is 0.857. The summed E-state index contributed by atoms with van der Waals surface area (Å²) in [4.78, 5) is 10.2. The first-order valence-electron chi connectivity index (χ1n) is 3.87. The number of hydrogen-bond donors (Lipinski definition) is 1. The van der Waals surface area contributed by atoms with Crippen LogP contribution in [0.2, 0.25) is 0 Å². The Morgan fingerprint density at radius 2 is 2.08 bits per heavy atom. The van der Waals surface area contributed by atoms with Gasteiger partial charge in [0.2, 0.25) is 0 Å². The van der Waals surface area contributed by atoms with Gasteiger partial charge in [-0.25, -0.2) is 0 Å². The topological polar surface area (TPSA) is 80.7 Å². The number of hydrogen-bond acceptors (Lipinski definition) is 4. The zero-order chi connectivity index (χ0) is 10.5. The number of carboxylic acid groups (broad SMARTS) is 1. The standard InChI is InChI=1S/C7H14O5S/c1-6(5-7(8)9)3-4-12-13(2,10)11/h6H,3-5H2,1-2H3,(H,8,9). The number of aliphatic carboxylic acids is 1. The molecule has 13 heavy (non-hydrogen) atoms. The van der Waals surface area contributed by atoms with Gasteiger partial charge in [-0.1, -0.05) is 6.92 Å². The summed E-state index contributed by atoms with van der Waals surface area (Å²) in [7, 11) is -3.40. The van der Waals surface area contributed by atoms with Crippen LogP contribution in [-0.4, -0.2) is 32.4 Å². The van der Waals surface area contributed by atoms with E-state index in [4.69, 9.17) is 5.11 Å². The van der Waals surface area contributed by atoms with Gasteiger partial charge in [0.15, 0.2) is 0 Å². The van der Waals surface area contributed by atoms with E-state index in [0.717, 1.165) is 6.26 Å². The predicted molar refractivity (Wildman–Crippen MR) is 46.8 cm³/mol. The maximum absolute atomic E-state index is 10.5. The molecule has 1 unspecified atom stereocenters. The van der Waals surface area contributed by atoms with Gasteiger partial charge in [0, 0.05) is 6.42 Å². The molecular weight excluding hydrogens is 196 g/mol. The van der Waals surface area contributed by atoms with E-state index in [-0.39, 0.29) is 18.9 Å². The summed E-state index contributed by atoms with van der Waals surface area (Å²) in [6, 6.07) is 0. The molecule has 0 saturated carbocycles. The Kier molecular flexibility index (Phi) is 4.94. The number of rotatable bonds is 6. The van der Waals surface area contributed by atoms with Crippen LogP contribution in [0.25, 0.3) is 0 Å². The molecule has 0 aliphatic heterocycles. The van der Waals surface area contributed by atoms with Crippen molar-refractivity contribution in [1.29, 1.82) is 0 Å². The SMILES string of the molecule is CC(CCOS(C)(=O)=O)CC(=O)O. The molecule has 0 aromatic rings. The van der Waals surface area contributed by atoms with Gasteiger partial charge in [0.05, 0.1) is 12.9 Å². The van der Waals surface area contributed by atoms with Crippen molar-refractivity contribution in [2.24, 2.45) is 5.92 Å². The van der Waals surface area contributed by atoms with Crippen molar-refractivity contribution >= 4 is 16.1 Å². The van der Waals surface area contributed by atoms with Crippen molar-refractivity contribution in [2.75, 3.05) is 12.9 Å². The van der Waals surface area contributed by atoms with E-state index < -0.39 is 16.1 Å². The molecule has 0 spiro atoms. The molecule has 1 atom stereocenters. The summed E-state index contributed by atoms with van der Waals surface area (Å²) in [5, 5.41) is 8.38. The Labute approximate surface area is 77.8 Å². The van der Waals surface area contributed by atoms with E-state index in [1.54, 1.807) is 6.92 Å². The minimum Gasteiger partial charge on any atom is -0.481 e. The Bertz CT molecular complexity index is 256. The van der Waals surface area contributed by atoms with Crippen LogP contribution >= 0.6 is 0 Å². The monoisotopic (exact) mass is 210 g/mol. The quantitative estimate of drug-likeness (QED) is 0.644. The summed E-state index contributed by atoms with van der Waals surface area (Å²) >= 11 is 0. The van der Waals surface area contributed by atoms with Crippen LogP contribution < -0.4 is 0 Å². The molecule has 0 aromatic carbocycles. The molecular formula is C7H14O5S. The van der Waals surface area contributed by atoms with Crippen LogP contribution in [-0.2, 0) is 19.1 Å². The third-order valence-electron chi connectivity index (χ3n) is 1.43. The van der Waals surface area contributed by atoms with Gasteiger partial charge in [0.1, 0.15) is 0 Å². The third-order valence-corrected chi connectivity index (χ3v) is 2.03. The van der Waals surface area contributed by atoms with Gasteiger partial charge in [-0.3, -0.25) is 8.98 Å². The summed E-state index contributed by atoms with van der Waals surface area (Å²) < 4.78 is 25.5. The molecule has 0 aromatic heterocycles. The van der Waals surface area contributed by atoms with Crippen LogP contribution in [0.3, 0.4) is 0 Å². The first kappa shape index (κ1) is 12.4. The maximum Gasteiger partial charge on any atom is 0.303 e. The van der Waals surface area contributed by atoms with Crippen LogP contribution in [0, 0.1) is 5.92 Å². The van der Waals surface area contributed by atoms with Crippen molar-refractivity contribution in [2.45, 2.75) is 19.8 Å². The largest absolute Gasteiger partial charge is 0.481 e. The summed E-state index contributed by atoms with van der Waals surface area (Å²) in [6.45, 7) is 1.78. The first-order valence-corrected chi connectivity index (χ1v) is 5.69. The summed E-state index contributed by atoms with van der Waals surface area (Å²) in [6.07, 6.45) is 1.43. The lowest BCUT2D eigenvalue weighted by Crippen LogP contribution is -2.10. The van der Waals surface area contributed by atoms with E-state index >= 15 is 0 Å². The molecule has 0 saturated heterocycles. The third kappa shape index (κ3) is 9.29. The first-order chi connectivity index (χ1) is 5.81. The molecule has 0 aliphatic rings. The van der Waals surface area contributed by atoms with Gasteiger partial charge < -0.3 is 5.11 Å². The van der Waals surface area contributed by atoms with Gasteiger partial charge in [-0.2, -0.15) is 8.42 Å². The molecule has 0 radical (unpaired) electrons. The minimum absolute atomic E-state index is 0.0348. The van der Waals surface area contributed by atoms with Crippen LogP contribution in [0.15, 0.2) is 0 Å². The Morgan fingerprint density at radius 3 is 2.46 bits per heavy atom. The normalized spacial score (nSPS) is 14.0. The van der Waals surface area contributed by atoms with E-state index in [9.17, 15) is 13.2 Å². The van der Waals surface area contributed by atoms with Crippen molar-refractivity contribution in [3.8, 4) is 0 Å². The Morgan fingerprint density at radius 1 is 1.54 bits per heavy atom. The molecule has 0 rings (SSSR count). The molecule has 1 N–H and O–H groups in total. The maximum atomic E-state index is 10.5. The molecule has 0 amide bonds. The highest BCUT2D eigenvalue weighted by atomic mass is 32.2. The van der Waals surface area contributed by atoms with E-state index in [1.807, 2.05) is 0 Å². The molecule has 0 aliphatic carbocycles. The average molecular weight is 210 g/mol. The smallest absolute Gasteiger partial charge is 0.303 e. The van der Waals surface area contributed by atoms with Gasteiger partial charge in [-0.15, -0.1) is 0 Å². The van der Waals surface area contributed by atoms with Crippen molar-refractivity contribution in [1.82, 2.24) is 0 Å². The van der Waals surface area contributed by atoms with Crippen molar-refractivity contribution in [3.05, 3.63) is 0 Å². The highest BCUT2D eigenvalue weighted by Gasteiger charge is 2.09. The minimum atomic E-state index is -3.40. The lowest BCUT2D eigenvalue weighted by atomic mass is 10.1. The fourth-order valence-electron chi connectivity index (χ4n) is 0.801. The molecule has 0 heterocycles. The molecule has 5 nitrogen and oxygen atoms in total. The summed E-state index contributed by atoms with van der Waals surface area (Å²) in [5.41, 5.74) is 0. The van der Waals surface area contributed by atoms with Crippen molar-refractivity contribution < 1.29 is 22.5 Å².